The van der Waals surface area contributed by atoms with Crippen LogP contribution in [0.25, 0.3) is 11.0 Å². The van der Waals surface area contributed by atoms with Crippen molar-refractivity contribution in [3.8, 4) is 0 Å². The molecule has 22 heavy (non-hydrogen) atoms. The maximum Gasteiger partial charge on any atom is 0.349 e. The molecule has 4 nitrogen and oxygen atoms in total. The third-order valence-electron chi connectivity index (χ3n) is 3.07. The number of amides is 1. The first kappa shape index (κ1) is 14.6. The summed E-state index contributed by atoms with van der Waals surface area (Å²) in [5, 5.41) is 3.97. The molecule has 3 aromatic rings. The van der Waals surface area contributed by atoms with Gasteiger partial charge in [-0.25, -0.2) is 4.79 Å². The van der Waals surface area contributed by atoms with E-state index in [1.807, 2.05) is 0 Å². The zero-order chi connectivity index (χ0) is 15.7. The molecule has 0 saturated heterocycles. The molecule has 0 atom stereocenters. The SMILES string of the molecule is O=C(Nc1ccc(Cl)cc1Cl)c1cc2ccccc2oc1=O. The summed E-state index contributed by atoms with van der Waals surface area (Å²) in [6.07, 6.45) is 0. The molecule has 0 aliphatic rings. The lowest BCUT2D eigenvalue weighted by molar-refractivity contribution is 0.102. The van der Waals surface area contributed by atoms with Crippen LogP contribution in [0.4, 0.5) is 5.69 Å². The maximum absolute atomic E-state index is 12.3. The van der Waals surface area contributed by atoms with Gasteiger partial charge in [0, 0.05) is 10.4 Å². The van der Waals surface area contributed by atoms with Gasteiger partial charge in [-0.1, -0.05) is 41.4 Å². The number of hydrogen-bond acceptors (Lipinski definition) is 3. The van der Waals surface area contributed by atoms with Crippen molar-refractivity contribution in [2.45, 2.75) is 0 Å². The van der Waals surface area contributed by atoms with Gasteiger partial charge in [0.1, 0.15) is 11.1 Å². The molecule has 0 radical (unpaired) electrons. The second-order valence-electron chi connectivity index (χ2n) is 4.56. The molecule has 0 spiro atoms. The van der Waals surface area contributed by atoms with E-state index in [1.54, 1.807) is 36.4 Å². The molecule has 0 saturated carbocycles. The van der Waals surface area contributed by atoms with E-state index in [4.69, 9.17) is 27.6 Å². The van der Waals surface area contributed by atoms with Gasteiger partial charge >= 0.3 is 5.63 Å². The Morgan fingerprint density at radius 1 is 1.05 bits per heavy atom. The van der Waals surface area contributed by atoms with Crippen molar-refractivity contribution in [3.63, 3.8) is 0 Å². The van der Waals surface area contributed by atoms with E-state index in [0.29, 0.717) is 21.7 Å². The van der Waals surface area contributed by atoms with Crippen molar-refractivity contribution < 1.29 is 9.21 Å². The largest absolute Gasteiger partial charge is 0.422 e. The number of halogens is 2. The van der Waals surface area contributed by atoms with Crippen molar-refractivity contribution in [2.24, 2.45) is 0 Å². The Hall–Kier alpha value is -2.30. The number of fused-ring (bicyclic) bond motifs is 1. The Bertz CT molecular complexity index is 934. The fourth-order valence-corrected chi connectivity index (χ4v) is 2.46. The molecule has 2 aromatic carbocycles. The predicted molar refractivity (Wildman–Crippen MR) is 86.9 cm³/mol. The molecular formula is C16H9Cl2NO3. The van der Waals surface area contributed by atoms with E-state index >= 15 is 0 Å². The number of anilines is 1. The topological polar surface area (TPSA) is 59.3 Å². The third kappa shape index (κ3) is 2.84. The Balaban J connectivity index is 1.98. The summed E-state index contributed by atoms with van der Waals surface area (Å²) in [4.78, 5) is 24.2. The summed E-state index contributed by atoms with van der Waals surface area (Å²) in [6.45, 7) is 0. The molecule has 1 aromatic heterocycles. The quantitative estimate of drug-likeness (QED) is 0.709. The van der Waals surface area contributed by atoms with Crippen molar-refractivity contribution in [3.05, 3.63) is 74.6 Å². The van der Waals surface area contributed by atoms with Gasteiger partial charge in [0.2, 0.25) is 0 Å². The summed E-state index contributed by atoms with van der Waals surface area (Å²) in [7, 11) is 0. The first-order chi connectivity index (χ1) is 10.5. The predicted octanol–water partition coefficient (Wildman–Crippen LogP) is 4.35. The van der Waals surface area contributed by atoms with Crippen LogP contribution >= 0.6 is 23.2 Å². The molecule has 110 valence electrons. The summed E-state index contributed by atoms with van der Waals surface area (Å²) >= 11 is 11.8. The van der Waals surface area contributed by atoms with Crippen molar-refractivity contribution in [1.29, 1.82) is 0 Å². The number of hydrogen-bond donors (Lipinski definition) is 1. The van der Waals surface area contributed by atoms with E-state index < -0.39 is 11.5 Å². The normalized spacial score (nSPS) is 10.6. The number of carbonyl (C=O) groups is 1. The highest BCUT2D eigenvalue weighted by molar-refractivity contribution is 6.36. The lowest BCUT2D eigenvalue weighted by Gasteiger charge is -2.07. The molecule has 0 fully saturated rings. The van der Waals surface area contributed by atoms with Crippen LogP contribution in [-0.4, -0.2) is 5.91 Å². The average molecular weight is 334 g/mol. The summed E-state index contributed by atoms with van der Waals surface area (Å²) in [5.74, 6) is -0.594. The highest BCUT2D eigenvalue weighted by Gasteiger charge is 2.15. The highest BCUT2D eigenvalue weighted by Crippen LogP contribution is 2.25. The molecule has 0 aliphatic heterocycles. The minimum atomic E-state index is -0.707. The molecule has 0 aliphatic carbocycles. The van der Waals surface area contributed by atoms with Gasteiger partial charge in [0.25, 0.3) is 5.91 Å². The smallest absolute Gasteiger partial charge is 0.349 e. The second-order valence-corrected chi connectivity index (χ2v) is 5.41. The number of nitrogens with one attached hydrogen (secondary N) is 1. The van der Waals surface area contributed by atoms with Gasteiger partial charge in [-0.3, -0.25) is 4.79 Å². The summed E-state index contributed by atoms with van der Waals surface area (Å²) in [5.41, 5.74) is -0.0109. The van der Waals surface area contributed by atoms with Crippen LogP contribution in [-0.2, 0) is 0 Å². The van der Waals surface area contributed by atoms with Gasteiger partial charge in [-0.05, 0) is 30.3 Å². The summed E-state index contributed by atoms with van der Waals surface area (Å²) < 4.78 is 5.13. The van der Waals surface area contributed by atoms with E-state index in [2.05, 4.69) is 5.32 Å². The standard InChI is InChI=1S/C16H9Cl2NO3/c17-10-5-6-13(12(18)8-10)19-15(20)11-7-9-3-1-2-4-14(9)22-16(11)21/h1-8H,(H,19,20). The van der Waals surface area contributed by atoms with Gasteiger partial charge < -0.3 is 9.73 Å². The first-order valence-electron chi connectivity index (χ1n) is 6.34. The Labute approximate surface area is 135 Å². The minimum absolute atomic E-state index is 0.0929. The third-order valence-corrected chi connectivity index (χ3v) is 3.61. The molecule has 3 rings (SSSR count). The lowest BCUT2D eigenvalue weighted by atomic mass is 10.1. The van der Waals surface area contributed by atoms with Crippen LogP contribution in [0.3, 0.4) is 0 Å². The van der Waals surface area contributed by atoms with Crippen molar-refractivity contribution in [1.82, 2.24) is 0 Å². The van der Waals surface area contributed by atoms with E-state index in [1.165, 1.54) is 12.1 Å². The summed E-state index contributed by atoms with van der Waals surface area (Å²) in [6, 6.07) is 13.1. The van der Waals surface area contributed by atoms with E-state index in [9.17, 15) is 9.59 Å². The number of benzene rings is 2. The number of rotatable bonds is 2. The van der Waals surface area contributed by atoms with Crippen LogP contribution < -0.4 is 10.9 Å². The van der Waals surface area contributed by atoms with Crippen molar-refractivity contribution >= 4 is 45.8 Å². The van der Waals surface area contributed by atoms with Crippen LogP contribution in [0.5, 0.6) is 0 Å². The van der Waals surface area contributed by atoms with Crippen LogP contribution in [0.2, 0.25) is 10.0 Å². The highest BCUT2D eigenvalue weighted by atomic mass is 35.5. The van der Waals surface area contributed by atoms with Crippen LogP contribution in [0, 0.1) is 0 Å². The number of carbonyl (C=O) groups excluding carboxylic acids is 1. The zero-order valence-electron chi connectivity index (χ0n) is 11.1. The Morgan fingerprint density at radius 3 is 2.59 bits per heavy atom. The van der Waals surface area contributed by atoms with Gasteiger partial charge in [-0.15, -0.1) is 0 Å². The van der Waals surface area contributed by atoms with Crippen LogP contribution in [0.15, 0.2) is 57.7 Å². The van der Waals surface area contributed by atoms with Gasteiger partial charge in [0.15, 0.2) is 0 Å². The molecular weight excluding hydrogens is 325 g/mol. The van der Waals surface area contributed by atoms with E-state index in [-0.39, 0.29) is 10.6 Å². The molecule has 1 amide bonds. The second kappa shape index (κ2) is 5.83. The average Bonchev–Trinajstić information content (AvgIpc) is 2.49. The maximum atomic E-state index is 12.3. The van der Waals surface area contributed by atoms with Gasteiger partial charge in [0.05, 0.1) is 10.7 Å². The monoisotopic (exact) mass is 333 g/mol. The lowest BCUT2D eigenvalue weighted by Crippen LogP contribution is -2.20. The van der Waals surface area contributed by atoms with Crippen molar-refractivity contribution in [2.75, 3.05) is 5.32 Å². The Kier molecular flexibility index (Phi) is 3.88. The van der Waals surface area contributed by atoms with Crippen LogP contribution in [0.1, 0.15) is 10.4 Å². The number of para-hydroxylation sites is 1. The minimum Gasteiger partial charge on any atom is -0.422 e. The molecule has 0 bridgehead atoms. The zero-order valence-corrected chi connectivity index (χ0v) is 12.6. The Morgan fingerprint density at radius 2 is 1.82 bits per heavy atom. The van der Waals surface area contributed by atoms with Gasteiger partial charge in [-0.2, -0.15) is 0 Å². The fourth-order valence-electron chi connectivity index (χ4n) is 2.00. The fraction of sp³-hybridized carbons (Fsp3) is 0. The molecule has 1 heterocycles. The molecule has 1 N–H and O–H groups in total. The first-order valence-corrected chi connectivity index (χ1v) is 7.09. The molecule has 0 unspecified atom stereocenters. The molecule has 6 heteroatoms. The van der Waals surface area contributed by atoms with E-state index in [0.717, 1.165) is 0 Å².